The number of rotatable bonds is 4. The fraction of sp³-hybridized carbons (Fsp3) is 0.857. The maximum atomic E-state index is 11.9. The number of thioether (sulfide) groups is 1. The molecular weight excluding hydrogens is 278 g/mol. The minimum atomic E-state index is -0.452. The Labute approximate surface area is 125 Å². The van der Waals surface area contributed by atoms with E-state index in [2.05, 4.69) is 0 Å². The molecule has 1 fully saturated rings. The van der Waals surface area contributed by atoms with Crippen molar-refractivity contribution in [3.05, 3.63) is 0 Å². The van der Waals surface area contributed by atoms with Gasteiger partial charge in [-0.25, -0.2) is 4.79 Å². The number of carbonyl (C=O) groups excluding carboxylic acids is 2. The van der Waals surface area contributed by atoms with Gasteiger partial charge < -0.3 is 14.4 Å². The molecule has 1 rings (SSSR count). The van der Waals surface area contributed by atoms with Crippen LogP contribution in [-0.2, 0) is 14.3 Å². The van der Waals surface area contributed by atoms with Crippen LogP contribution in [0.5, 0.6) is 0 Å². The van der Waals surface area contributed by atoms with Gasteiger partial charge in [-0.15, -0.1) is 11.8 Å². The Bertz CT molecular complexity index is 333. The molecule has 5 nitrogen and oxygen atoms in total. The Kier molecular flexibility index (Phi) is 6.65. The van der Waals surface area contributed by atoms with Crippen molar-refractivity contribution in [3.8, 4) is 0 Å². The summed E-state index contributed by atoms with van der Waals surface area (Å²) in [6, 6.07) is 0. The smallest absolute Gasteiger partial charge is 0.410 e. The molecule has 1 aliphatic rings. The molecule has 0 bridgehead atoms. The number of nitrogens with zero attached hydrogens (tertiary/aromatic N) is 1. The molecule has 6 heteroatoms. The van der Waals surface area contributed by atoms with Crippen molar-refractivity contribution in [3.63, 3.8) is 0 Å². The van der Waals surface area contributed by atoms with E-state index in [9.17, 15) is 9.59 Å². The van der Waals surface area contributed by atoms with Crippen LogP contribution in [-0.4, -0.2) is 53.3 Å². The molecule has 0 aromatic carbocycles. The molecule has 20 heavy (non-hydrogen) atoms. The first-order valence-corrected chi connectivity index (χ1v) is 8.12. The van der Waals surface area contributed by atoms with Gasteiger partial charge in [0.2, 0.25) is 0 Å². The van der Waals surface area contributed by atoms with Gasteiger partial charge in [-0.3, -0.25) is 4.79 Å². The molecule has 1 heterocycles. The van der Waals surface area contributed by atoms with Crippen molar-refractivity contribution in [2.24, 2.45) is 0 Å². The van der Waals surface area contributed by atoms with Crippen molar-refractivity contribution < 1.29 is 19.1 Å². The van der Waals surface area contributed by atoms with Crippen LogP contribution in [0.1, 0.15) is 40.5 Å². The summed E-state index contributed by atoms with van der Waals surface area (Å²) in [5, 5.41) is 0.415. The first-order valence-electron chi connectivity index (χ1n) is 7.07. The van der Waals surface area contributed by atoms with Crippen LogP contribution in [0.15, 0.2) is 0 Å². The van der Waals surface area contributed by atoms with E-state index in [0.717, 1.165) is 12.8 Å². The summed E-state index contributed by atoms with van der Waals surface area (Å²) in [5.41, 5.74) is -0.452. The lowest BCUT2D eigenvalue weighted by Gasteiger charge is -2.33. The second-order valence-corrected chi connectivity index (χ2v) is 7.07. The fourth-order valence-electron chi connectivity index (χ4n) is 1.92. The Morgan fingerprint density at radius 2 is 1.85 bits per heavy atom. The lowest BCUT2D eigenvalue weighted by atomic mass is 10.1. The van der Waals surface area contributed by atoms with Gasteiger partial charge in [0, 0.05) is 18.3 Å². The number of hydrogen-bond acceptors (Lipinski definition) is 5. The second kappa shape index (κ2) is 7.76. The highest BCUT2D eigenvalue weighted by Gasteiger charge is 2.27. The van der Waals surface area contributed by atoms with Gasteiger partial charge in [0.1, 0.15) is 5.60 Å². The van der Waals surface area contributed by atoms with E-state index in [1.807, 2.05) is 27.7 Å². The third kappa shape index (κ3) is 6.50. The average molecular weight is 303 g/mol. The normalized spacial score (nSPS) is 16.9. The van der Waals surface area contributed by atoms with Crippen molar-refractivity contribution in [1.82, 2.24) is 4.90 Å². The highest BCUT2D eigenvalue weighted by atomic mass is 32.2. The Balaban J connectivity index is 2.26. The molecule has 0 saturated carbocycles. The van der Waals surface area contributed by atoms with E-state index in [-0.39, 0.29) is 12.1 Å². The van der Waals surface area contributed by atoms with Crippen LogP contribution in [0.25, 0.3) is 0 Å². The van der Waals surface area contributed by atoms with Gasteiger partial charge in [0.15, 0.2) is 0 Å². The van der Waals surface area contributed by atoms with Gasteiger partial charge in [0.05, 0.1) is 12.4 Å². The van der Waals surface area contributed by atoms with Crippen molar-refractivity contribution in [1.29, 1.82) is 0 Å². The summed E-state index contributed by atoms with van der Waals surface area (Å²) in [6.07, 6.45) is 1.54. The minimum absolute atomic E-state index is 0.160. The topological polar surface area (TPSA) is 55.8 Å². The predicted octanol–water partition coefficient (Wildman–Crippen LogP) is 2.68. The highest BCUT2D eigenvalue weighted by Crippen LogP contribution is 2.24. The van der Waals surface area contributed by atoms with E-state index >= 15 is 0 Å². The fourth-order valence-corrected chi connectivity index (χ4v) is 2.92. The van der Waals surface area contributed by atoms with Crippen LogP contribution < -0.4 is 0 Å². The second-order valence-electron chi connectivity index (χ2n) is 5.78. The maximum absolute atomic E-state index is 11.9. The largest absolute Gasteiger partial charge is 0.465 e. The first-order chi connectivity index (χ1) is 9.31. The molecule has 0 unspecified atom stereocenters. The molecule has 1 amide bonds. The molecule has 0 aliphatic carbocycles. The van der Waals surface area contributed by atoms with E-state index < -0.39 is 5.60 Å². The number of piperidine rings is 1. The summed E-state index contributed by atoms with van der Waals surface area (Å²) in [7, 11) is 0. The number of hydrogen-bond donors (Lipinski definition) is 0. The van der Waals surface area contributed by atoms with Crippen LogP contribution in [0.3, 0.4) is 0 Å². The van der Waals surface area contributed by atoms with E-state index in [1.54, 1.807) is 16.7 Å². The zero-order chi connectivity index (χ0) is 15.2. The van der Waals surface area contributed by atoms with Crippen molar-refractivity contribution in [2.75, 3.05) is 25.4 Å². The summed E-state index contributed by atoms with van der Waals surface area (Å²) in [4.78, 5) is 24.9. The van der Waals surface area contributed by atoms with Gasteiger partial charge in [-0.05, 0) is 40.5 Å². The minimum Gasteiger partial charge on any atom is -0.465 e. The number of amides is 1. The third-order valence-electron chi connectivity index (χ3n) is 2.84. The molecule has 1 aliphatic heterocycles. The standard InChI is InChI=1S/C14H25NO4S/c1-5-18-12(16)10-20-11-6-8-15(9-7-11)13(17)19-14(2,3)4/h11H,5-10H2,1-4H3. The zero-order valence-corrected chi connectivity index (χ0v) is 13.6. The summed E-state index contributed by atoms with van der Waals surface area (Å²) < 4.78 is 10.3. The monoisotopic (exact) mass is 303 g/mol. The number of ether oxygens (including phenoxy) is 2. The predicted molar refractivity (Wildman–Crippen MR) is 79.9 cm³/mol. The summed E-state index contributed by atoms with van der Waals surface area (Å²) in [5.74, 6) is 0.234. The van der Waals surface area contributed by atoms with E-state index in [1.165, 1.54) is 0 Å². The quantitative estimate of drug-likeness (QED) is 0.747. The lowest BCUT2D eigenvalue weighted by molar-refractivity contribution is -0.139. The Morgan fingerprint density at radius 1 is 1.25 bits per heavy atom. The SMILES string of the molecule is CCOC(=O)CSC1CCN(C(=O)OC(C)(C)C)CC1. The van der Waals surface area contributed by atoms with E-state index in [0.29, 0.717) is 30.7 Å². The van der Waals surface area contributed by atoms with Crippen LogP contribution in [0.4, 0.5) is 4.79 Å². The van der Waals surface area contributed by atoms with Crippen molar-refractivity contribution in [2.45, 2.75) is 51.4 Å². The molecule has 0 atom stereocenters. The molecule has 0 spiro atoms. The molecule has 1 saturated heterocycles. The van der Waals surface area contributed by atoms with E-state index in [4.69, 9.17) is 9.47 Å². The van der Waals surface area contributed by atoms with Gasteiger partial charge in [-0.2, -0.15) is 0 Å². The van der Waals surface area contributed by atoms with Crippen LogP contribution >= 0.6 is 11.8 Å². The zero-order valence-electron chi connectivity index (χ0n) is 12.8. The van der Waals surface area contributed by atoms with Gasteiger partial charge in [0.25, 0.3) is 0 Å². The Morgan fingerprint density at radius 3 is 2.35 bits per heavy atom. The molecule has 0 aromatic heterocycles. The Hall–Kier alpha value is -0.910. The lowest BCUT2D eigenvalue weighted by Crippen LogP contribution is -2.42. The maximum Gasteiger partial charge on any atom is 0.410 e. The number of carbonyl (C=O) groups is 2. The van der Waals surface area contributed by atoms with Crippen LogP contribution in [0.2, 0.25) is 0 Å². The first kappa shape index (κ1) is 17.1. The molecule has 0 N–H and O–H groups in total. The highest BCUT2D eigenvalue weighted by molar-refractivity contribution is 8.00. The van der Waals surface area contributed by atoms with Crippen LogP contribution in [0, 0.1) is 0 Å². The average Bonchev–Trinajstić information content (AvgIpc) is 2.35. The number of likely N-dealkylation sites (tertiary alicyclic amines) is 1. The number of esters is 1. The molecular formula is C14H25NO4S. The van der Waals surface area contributed by atoms with Crippen molar-refractivity contribution >= 4 is 23.8 Å². The molecule has 0 aromatic rings. The molecule has 116 valence electrons. The summed E-state index contributed by atoms with van der Waals surface area (Å²) >= 11 is 1.62. The summed E-state index contributed by atoms with van der Waals surface area (Å²) in [6.45, 7) is 9.22. The van der Waals surface area contributed by atoms with Gasteiger partial charge >= 0.3 is 12.1 Å². The van der Waals surface area contributed by atoms with Gasteiger partial charge in [-0.1, -0.05) is 0 Å². The molecule has 0 radical (unpaired) electrons. The third-order valence-corrected chi connectivity index (χ3v) is 4.18.